The molecule has 1 fully saturated rings. The number of piperidine rings is 1. The summed E-state index contributed by atoms with van der Waals surface area (Å²) in [6, 6.07) is 28.6. The summed E-state index contributed by atoms with van der Waals surface area (Å²) >= 11 is 0. The number of likely N-dealkylation sites (tertiary alicyclic amines) is 1. The van der Waals surface area contributed by atoms with Crippen LogP contribution >= 0.6 is 0 Å². The first-order valence-corrected chi connectivity index (χ1v) is 11.0. The SMILES string of the molecule is Oc1cccc(CN2CCC(CCOC(c3ccccc3)c3ccccc3)CC2)c1. The van der Waals surface area contributed by atoms with E-state index in [1.807, 2.05) is 12.1 Å². The number of hydrogen-bond donors (Lipinski definition) is 1. The molecule has 1 aliphatic rings. The Balaban J connectivity index is 1.26. The molecule has 0 unspecified atom stereocenters. The Kier molecular flexibility index (Phi) is 7.17. The molecule has 0 spiro atoms. The third-order valence-electron chi connectivity index (χ3n) is 6.04. The van der Waals surface area contributed by atoms with Crippen molar-refractivity contribution in [1.29, 1.82) is 0 Å². The van der Waals surface area contributed by atoms with Crippen LogP contribution in [-0.4, -0.2) is 29.7 Å². The molecule has 0 amide bonds. The maximum Gasteiger partial charge on any atom is 0.115 e. The summed E-state index contributed by atoms with van der Waals surface area (Å²) < 4.78 is 6.41. The number of nitrogens with zero attached hydrogens (tertiary/aromatic N) is 1. The summed E-state index contributed by atoms with van der Waals surface area (Å²) in [4.78, 5) is 2.49. The minimum absolute atomic E-state index is 0.00162. The van der Waals surface area contributed by atoms with Gasteiger partial charge >= 0.3 is 0 Å². The van der Waals surface area contributed by atoms with Gasteiger partial charge in [0.25, 0.3) is 0 Å². The topological polar surface area (TPSA) is 32.7 Å². The van der Waals surface area contributed by atoms with Crippen molar-refractivity contribution >= 4 is 0 Å². The van der Waals surface area contributed by atoms with Gasteiger partial charge in [0.15, 0.2) is 0 Å². The van der Waals surface area contributed by atoms with Crippen molar-refractivity contribution in [3.05, 3.63) is 102 Å². The van der Waals surface area contributed by atoms with Gasteiger partial charge in [0, 0.05) is 13.2 Å². The molecule has 3 aromatic rings. The molecule has 0 radical (unpaired) electrons. The lowest BCUT2D eigenvalue weighted by Gasteiger charge is -2.32. The van der Waals surface area contributed by atoms with Gasteiger partial charge in [-0.05, 0) is 67.1 Å². The molecule has 30 heavy (non-hydrogen) atoms. The van der Waals surface area contributed by atoms with Crippen LogP contribution in [0.1, 0.15) is 42.1 Å². The molecule has 1 aliphatic heterocycles. The van der Waals surface area contributed by atoms with E-state index in [0.29, 0.717) is 5.75 Å². The van der Waals surface area contributed by atoms with E-state index < -0.39 is 0 Å². The van der Waals surface area contributed by atoms with Crippen LogP contribution in [-0.2, 0) is 11.3 Å². The Morgan fingerprint density at radius 3 is 2.07 bits per heavy atom. The number of ether oxygens (including phenoxy) is 1. The Bertz CT molecular complexity index is 850. The van der Waals surface area contributed by atoms with Crippen molar-refractivity contribution < 1.29 is 9.84 Å². The van der Waals surface area contributed by atoms with E-state index in [4.69, 9.17) is 4.74 Å². The van der Waals surface area contributed by atoms with Crippen LogP contribution in [0.4, 0.5) is 0 Å². The lowest BCUT2D eigenvalue weighted by Crippen LogP contribution is -2.33. The summed E-state index contributed by atoms with van der Waals surface area (Å²) in [6.07, 6.45) is 3.53. The maximum atomic E-state index is 9.66. The zero-order chi connectivity index (χ0) is 20.6. The zero-order valence-electron chi connectivity index (χ0n) is 17.5. The summed E-state index contributed by atoms with van der Waals surface area (Å²) in [5, 5.41) is 9.66. The van der Waals surface area contributed by atoms with Gasteiger partial charge in [-0.25, -0.2) is 0 Å². The highest BCUT2D eigenvalue weighted by molar-refractivity contribution is 5.30. The van der Waals surface area contributed by atoms with Gasteiger partial charge in [0.05, 0.1) is 0 Å². The van der Waals surface area contributed by atoms with E-state index in [9.17, 15) is 5.11 Å². The van der Waals surface area contributed by atoms with Crippen LogP contribution in [0.3, 0.4) is 0 Å². The van der Waals surface area contributed by atoms with Crippen molar-refractivity contribution in [2.75, 3.05) is 19.7 Å². The molecule has 3 heteroatoms. The van der Waals surface area contributed by atoms with Crippen LogP contribution < -0.4 is 0 Å². The monoisotopic (exact) mass is 401 g/mol. The molecule has 0 saturated carbocycles. The quantitative estimate of drug-likeness (QED) is 0.518. The van der Waals surface area contributed by atoms with Gasteiger partial charge in [0.2, 0.25) is 0 Å². The predicted octanol–water partition coefficient (Wildman–Crippen LogP) is 5.80. The highest BCUT2D eigenvalue weighted by Gasteiger charge is 2.20. The average molecular weight is 402 g/mol. The van der Waals surface area contributed by atoms with E-state index in [0.717, 1.165) is 38.6 Å². The Hall–Kier alpha value is -2.62. The number of phenolic OH excluding ortho intramolecular Hbond substituents is 1. The van der Waals surface area contributed by atoms with Crippen LogP contribution in [0.25, 0.3) is 0 Å². The fourth-order valence-electron chi connectivity index (χ4n) is 4.34. The molecule has 1 heterocycles. The van der Waals surface area contributed by atoms with Gasteiger partial charge in [-0.2, -0.15) is 0 Å². The smallest absolute Gasteiger partial charge is 0.115 e. The molecule has 1 saturated heterocycles. The van der Waals surface area contributed by atoms with Gasteiger partial charge < -0.3 is 9.84 Å². The van der Waals surface area contributed by atoms with Crippen LogP contribution in [0.15, 0.2) is 84.9 Å². The largest absolute Gasteiger partial charge is 0.508 e. The maximum absolute atomic E-state index is 9.66. The molecule has 1 N–H and O–H groups in total. The van der Waals surface area contributed by atoms with E-state index in [1.54, 1.807) is 6.07 Å². The first-order valence-electron chi connectivity index (χ1n) is 11.0. The standard InChI is InChI=1S/C27H31NO2/c29-26-13-7-8-23(20-26)21-28-17-14-22(15-18-28)16-19-30-27(24-9-3-1-4-10-24)25-11-5-2-6-12-25/h1-13,20,22,27,29H,14-19,21H2. The fourth-order valence-corrected chi connectivity index (χ4v) is 4.34. The van der Waals surface area contributed by atoms with Gasteiger partial charge in [-0.1, -0.05) is 72.8 Å². The van der Waals surface area contributed by atoms with Crippen LogP contribution in [0, 0.1) is 5.92 Å². The van der Waals surface area contributed by atoms with Crippen molar-refractivity contribution in [2.24, 2.45) is 5.92 Å². The second-order valence-electron chi connectivity index (χ2n) is 8.25. The summed E-state index contributed by atoms with van der Waals surface area (Å²) in [6.45, 7) is 3.93. The average Bonchev–Trinajstić information content (AvgIpc) is 2.79. The Labute approximate surface area is 179 Å². The van der Waals surface area contributed by atoms with Crippen LogP contribution in [0.5, 0.6) is 5.75 Å². The zero-order valence-corrected chi connectivity index (χ0v) is 17.5. The first-order chi connectivity index (χ1) is 14.8. The van der Waals surface area contributed by atoms with Gasteiger partial charge in [-0.3, -0.25) is 4.90 Å². The van der Waals surface area contributed by atoms with E-state index >= 15 is 0 Å². The molecule has 156 valence electrons. The highest BCUT2D eigenvalue weighted by Crippen LogP contribution is 2.28. The predicted molar refractivity (Wildman–Crippen MR) is 121 cm³/mol. The number of rotatable bonds is 8. The Morgan fingerprint density at radius 1 is 0.833 bits per heavy atom. The number of hydrogen-bond acceptors (Lipinski definition) is 3. The van der Waals surface area contributed by atoms with Crippen molar-refractivity contribution in [2.45, 2.75) is 31.9 Å². The first kappa shape index (κ1) is 20.6. The summed E-state index contributed by atoms with van der Waals surface area (Å²) in [7, 11) is 0. The Morgan fingerprint density at radius 2 is 1.47 bits per heavy atom. The molecule has 0 aromatic heterocycles. The molecule has 0 bridgehead atoms. The van der Waals surface area contributed by atoms with Crippen LogP contribution in [0.2, 0.25) is 0 Å². The lowest BCUT2D eigenvalue weighted by molar-refractivity contribution is 0.0596. The van der Waals surface area contributed by atoms with Crippen molar-refractivity contribution in [3.63, 3.8) is 0 Å². The van der Waals surface area contributed by atoms with E-state index in [1.165, 1.54) is 29.5 Å². The van der Waals surface area contributed by atoms with E-state index in [-0.39, 0.29) is 6.10 Å². The second-order valence-corrected chi connectivity index (χ2v) is 8.25. The number of phenols is 1. The number of aromatic hydroxyl groups is 1. The molecule has 3 aromatic carbocycles. The van der Waals surface area contributed by atoms with Gasteiger partial charge in [-0.15, -0.1) is 0 Å². The molecule has 3 nitrogen and oxygen atoms in total. The minimum atomic E-state index is -0.00162. The minimum Gasteiger partial charge on any atom is -0.508 e. The molecule has 0 atom stereocenters. The third-order valence-corrected chi connectivity index (χ3v) is 6.04. The normalized spacial score (nSPS) is 15.5. The molecule has 0 aliphatic carbocycles. The summed E-state index contributed by atoms with van der Waals surface area (Å²) in [5.41, 5.74) is 3.61. The molecule has 4 rings (SSSR count). The second kappa shape index (κ2) is 10.4. The fraction of sp³-hybridized carbons (Fsp3) is 0.333. The molecular weight excluding hydrogens is 370 g/mol. The van der Waals surface area contributed by atoms with Gasteiger partial charge in [0.1, 0.15) is 11.9 Å². The lowest BCUT2D eigenvalue weighted by atomic mass is 9.93. The summed E-state index contributed by atoms with van der Waals surface area (Å²) in [5.74, 6) is 1.07. The van der Waals surface area contributed by atoms with Crippen molar-refractivity contribution in [1.82, 2.24) is 4.90 Å². The third kappa shape index (κ3) is 5.71. The number of benzene rings is 3. The van der Waals surface area contributed by atoms with Crippen molar-refractivity contribution in [3.8, 4) is 5.75 Å². The highest BCUT2D eigenvalue weighted by atomic mass is 16.5. The van der Waals surface area contributed by atoms with E-state index in [2.05, 4.69) is 71.6 Å². The molecular formula is C27H31NO2.